The van der Waals surface area contributed by atoms with Crippen molar-refractivity contribution in [1.29, 1.82) is 0 Å². The lowest BCUT2D eigenvalue weighted by Crippen LogP contribution is -2.47. The molecule has 6 nitrogen and oxygen atoms in total. The van der Waals surface area contributed by atoms with Gasteiger partial charge in [-0.25, -0.2) is 0 Å². The minimum atomic E-state index is -1.19. The Bertz CT molecular complexity index is 766. The molecule has 2 aromatic carbocycles. The number of benzene rings is 2. The molecule has 0 radical (unpaired) electrons. The zero-order chi connectivity index (χ0) is 20.5. The first-order valence-corrected chi connectivity index (χ1v) is 9.84. The van der Waals surface area contributed by atoms with E-state index < -0.39 is 23.9 Å². The Kier molecular flexibility index (Phi) is 7.39. The monoisotopic (exact) mass is 395 g/mol. The lowest BCUT2D eigenvalue weighted by molar-refractivity contribution is -0.165. The van der Waals surface area contributed by atoms with E-state index in [2.05, 4.69) is 5.32 Å². The molecule has 3 rings (SSSR count). The van der Waals surface area contributed by atoms with Gasteiger partial charge in [-0.3, -0.25) is 14.4 Å². The fourth-order valence-corrected chi connectivity index (χ4v) is 3.31. The number of hydrogen-bond donors (Lipinski definition) is 1. The van der Waals surface area contributed by atoms with Gasteiger partial charge < -0.3 is 14.8 Å². The Morgan fingerprint density at radius 1 is 0.862 bits per heavy atom. The molecule has 0 saturated carbocycles. The smallest absolute Gasteiger partial charge is 0.322 e. The number of rotatable bonds is 7. The van der Waals surface area contributed by atoms with Crippen LogP contribution in [0.15, 0.2) is 60.7 Å². The third-order valence-corrected chi connectivity index (χ3v) is 4.87. The van der Waals surface area contributed by atoms with Gasteiger partial charge in [0.2, 0.25) is 5.91 Å². The first kappa shape index (κ1) is 20.6. The van der Waals surface area contributed by atoms with Gasteiger partial charge in [0.1, 0.15) is 13.2 Å². The lowest BCUT2D eigenvalue weighted by Gasteiger charge is -2.24. The van der Waals surface area contributed by atoms with Gasteiger partial charge in [0.25, 0.3) is 0 Å². The van der Waals surface area contributed by atoms with Crippen LogP contribution in [0.2, 0.25) is 0 Å². The van der Waals surface area contributed by atoms with Crippen molar-refractivity contribution in [2.75, 3.05) is 0 Å². The Hall–Kier alpha value is -3.15. The summed E-state index contributed by atoms with van der Waals surface area (Å²) in [5.41, 5.74) is 1.64. The van der Waals surface area contributed by atoms with Crippen molar-refractivity contribution in [3.05, 3.63) is 71.8 Å². The van der Waals surface area contributed by atoms with Crippen LogP contribution in [0.3, 0.4) is 0 Å². The summed E-state index contributed by atoms with van der Waals surface area (Å²) in [4.78, 5) is 37.6. The van der Waals surface area contributed by atoms with Crippen molar-refractivity contribution in [2.45, 2.75) is 44.9 Å². The van der Waals surface area contributed by atoms with E-state index in [0.29, 0.717) is 12.8 Å². The normalized spacial score (nSPS) is 16.6. The largest absolute Gasteiger partial charge is 0.460 e. The first-order valence-electron chi connectivity index (χ1n) is 9.84. The van der Waals surface area contributed by atoms with E-state index in [4.69, 9.17) is 9.47 Å². The molecule has 1 saturated heterocycles. The Morgan fingerprint density at radius 3 is 1.90 bits per heavy atom. The maximum atomic E-state index is 12.8. The molecule has 1 unspecified atom stereocenters. The average molecular weight is 395 g/mol. The van der Waals surface area contributed by atoms with E-state index in [1.54, 1.807) is 0 Å². The number of amides is 1. The van der Waals surface area contributed by atoms with E-state index in [0.717, 1.165) is 24.0 Å². The van der Waals surface area contributed by atoms with Crippen LogP contribution in [0.4, 0.5) is 0 Å². The van der Waals surface area contributed by atoms with Crippen LogP contribution >= 0.6 is 0 Å². The molecule has 1 amide bonds. The topological polar surface area (TPSA) is 81.7 Å². The second kappa shape index (κ2) is 10.4. The molecule has 0 aromatic heterocycles. The molecule has 6 heteroatoms. The zero-order valence-corrected chi connectivity index (χ0v) is 16.2. The van der Waals surface area contributed by atoms with E-state index in [-0.39, 0.29) is 19.1 Å². The molecule has 1 atom stereocenters. The van der Waals surface area contributed by atoms with Crippen molar-refractivity contribution in [3.8, 4) is 0 Å². The van der Waals surface area contributed by atoms with E-state index in [1.807, 2.05) is 60.7 Å². The van der Waals surface area contributed by atoms with Crippen LogP contribution in [0, 0.1) is 5.92 Å². The Morgan fingerprint density at radius 2 is 1.38 bits per heavy atom. The highest BCUT2D eigenvalue weighted by molar-refractivity contribution is 5.96. The Balaban J connectivity index is 1.70. The molecule has 2 aromatic rings. The molecule has 1 aliphatic heterocycles. The quantitative estimate of drug-likeness (QED) is 0.575. The van der Waals surface area contributed by atoms with Crippen molar-refractivity contribution in [1.82, 2.24) is 5.32 Å². The maximum absolute atomic E-state index is 12.8. The number of carbonyl (C=O) groups is 3. The van der Waals surface area contributed by atoms with Crippen LogP contribution in [0.25, 0.3) is 0 Å². The number of nitrogens with one attached hydrogen (secondary N) is 1. The summed E-state index contributed by atoms with van der Waals surface area (Å²) in [6, 6.07) is 17.9. The van der Waals surface area contributed by atoms with Crippen LogP contribution in [-0.4, -0.2) is 23.9 Å². The summed E-state index contributed by atoms with van der Waals surface area (Å²) in [5, 5.41) is 2.80. The van der Waals surface area contributed by atoms with Crippen molar-refractivity contribution >= 4 is 17.8 Å². The van der Waals surface area contributed by atoms with Gasteiger partial charge >= 0.3 is 11.9 Å². The summed E-state index contributed by atoms with van der Waals surface area (Å²) in [6.45, 7) is 0.117. The molecular weight excluding hydrogens is 370 g/mol. The summed E-state index contributed by atoms with van der Waals surface area (Å²) < 4.78 is 10.8. The fourth-order valence-electron chi connectivity index (χ4n) is 3.31. The average Bonchev–Trinajstić information content (AvgIpc) is 2.96. The maximum Gasteiger partial charge on any atom is 0.322 e. The van der Waals surface area contributed by atoms with Crippen LogP contribution in [0.1, 0.15) is 36.8 Å². The molecule has 1 aliphatic rings. The SMILES string of the molecule is O=C1CCCCC(C(C(=O)OCc2ccccc2)C(=O)OCc2ccccc2)N1. The van der Waals surface area contributed by atoms with Crippen LogP contribution < -0.4 is 5.32 Å². The number of carbonyl (C=O) groups excluding carboxylic acids is 3. The van der Waals surface area contributed by atoms with Crippen molar-refractivity contribution in [3.63, 3.8) is 0 Å². The Labute approximate surface area is 170 Å². The van der Waals surface area contributed by atoms with Crippen LogP contribution in [0.5, 0.6) is 0 Å². The molecule has 0 aliphatic carbocycles. The van der Waals surface area contributed by atoms with Gasteiger partial charge in [-0.15, -0.1) is 0 Å². The molecular formula is C23H25NO5. The van der Waals surface area contributed by atoms with Gasteiger partial charge in [0, 0.05) is 6.42 Å². The zero-order valence-electron chi connectivity index (χ0n) is 16.2. The van der Waals surface area contributed by atoms with E-state index in [9.17, 15) is 14.4 Å². The third-order valence-electron chi connectivity index (χ3n) is 4.87. The van der Waals surface area contributed by atoms with Gasteiger partial charge in [-0.05, 0) is 24.0 Å². The molecule has 0 spiro atoms. The summed E-state index contributed by atoms with van der Waals surface area (Å²) in [5.74, 6) is -2.72. The third kappa shape index (κ3) is 6.17. The van der Waals surface area contributed by atoms with Crippen molar-refractivity contribution in [2.24, 2.45) is 5.92 Å². The second-order valence-electron chi connectivity index (χ2n) is 7.08. The van der Waals surface area contributed by atoms with Gasteiger partial charge in [0.15, 0.2) is 5.92 Å². The first-order chi connectivity index (χ1) is 14.1. The predicted octanol–water partition coefficient (Wildman–Crippen LogP) is 3.15. The highest BCUT2D eigenvalue weighted by Crippen LogP contribution is 2.20. The molecule has 29 heavy (non-hydrogen) atoms. The number of hydrogen-bond acceptors (Lipinski definition) is 5. The highest BCUT2D eigenvalue weighted by Gasteiger charge is 2.39. The molecule has 1 N–H and O–H groups in total. The number of ether oxygens (including phenoxy) is 2. The van der Waals surface area contributed by atoms with Gasteiger partial charge in [0.05, 0.1) is 6.04 Å². The molecule has 1 heterocycles. The summed E-state index contributed by atoms with van der Waals surface area (Å²) in [7, 11) is 0. The molecule has 0 bridgehead atoms. The summed E-state index contributed by atoms with van der Waals surface area (Å²) >= 11 is 0. The highest BCUT2D eigenvalue weighted by atomic mass is 16.6. The molecule has 1 fully saturated rings. The van der Waals surface area contributed by atoms with Gasteiger partial charge in [-0.2, -0.15) is 0 Å². The fraction of sp³-hybridized carbons (Fsp3) is 0.348. The van der Waals surface area contributed by atoms with Crippen LogP contribution in [-0.2, 0) is 37.1 Å². The van der Waals surface area contributed by atoms with E-state index in [1.165, 1.54) is 0 Å². The van der Waals surface area contributed by atoms with Crippen molar-refractivity contribution < 1.29 is 23.9 Å². The number of esters is 2. The van der Waals surface area contributed by atoms with E-state index >= 15 is 0 Å². The lowest BCUT2D eigenvalue weighted by atomic mass is 9.95. The minimum absolute atomic E-state index is 0.0583. The predicted molar refractivity (Wildman–Crippen MR) is 106 cm³/mol. The standard InChI is InChI=1S/C23H25NO5/c25-20-14-8-7-13-19(24-20)21(22(26)28-15-17-9-3-1-4-10-17)23(27)29-16-18-11-5-2-6-12-18/h1-6,9-12,19,21H,7-8,13-16H2,(H,24,25). The van der Waals surface area contributed by atoms with Gasteiger partial charge in [-0.1, -0.05) is 67.1 Å². The minimum Gasteiger partial charge on any atom is -0.460 e. The summed E-state index contributed by atoms with van der Waals surface area (Å²) in [6.07, 6.45) is 2.39. The molecule has 152 valence electrons. The second-order valence-corrected chi connectivity index (χ2v) is 7.08.